The van der Waals surface area contributed by atoms with E-state index in [0.717, 1.165) is 24.4 Å². The number of carbonyl (C=O) groups is 1. The summed E-state index contributed by atoms with van der Waals surface area (Å²) in [5.74, 6) is 0.770. The van der Waals surface area contributed by atoms with Crippen molar-refractivity contribution in [2.24, 2.45) is 5.73 Å². The van der Waals surface area contributed by atoms with Gasteiger partial charge in [-0.3, -0.25) is 0 Å². The number of anilines is 1. The van der Waals surface area contributed by atoms with E-state index in [1.165, 1.54) is 0 Å². The zero-order valence-corrected chi connectivity index (χ0v) is 9.85. The Kier molecular flexibility index (Phi) is 3.49. The van der Waals surface area contributed by atoms with E-state index < -0.39 is 0 Å². The van der Waals surface area contributed by atoms with E-state index in [1.807, 2.05) is 24.3 Å². The summed E-state index contributed by atoms with van der Waals surface area (Å²) in [6.07, 6.45) is 0.871. The molecule has 1 atom stereocenters. The van der Waals surface area contributed by atoms with Crippen molar-refractivity contribution in [3.8, 4) is 5.75 Å². The largest absolute Gasteiger partial charge is 0.497 e. The number of urea groups is 1. The molecule has 1 aromatic rings. The van der Waals surface area contributed by atoms with Crippen molar-refractivity contribution in [2.45, 2.75) is 12.5 Å². The van der Waals surface area contributed by atoms with Gasteiger partial charge < -0.3 is 20.7 Å². The normalized spacial score (nSPS) is 19.2. The Hall–Kier alpha value is -1.75. The number of likely N-dealkylation sites (tertiary alicyclic amines) is 1. The molecular weight excluding hydrogens is 218 g/mol. The van der Waals surface area contributed by atoms with Crippen LogP contribution in [0.15, 0.2) is 24.3 Å². The molecule has 1 saturated heterocycles. The van der Waals surface area contributed by atoms with Crippen molar-refractivity contribution in [3.63, 3.8) is 0 Å². The van der Waals surface area contributed by atoms with E-state index >= 15 is 0 Å². The van der Waals surface area contributed by atoms with Crippen LogP contribution in [-0.2, 0) is 0 Å². The summed E-state index contributed by atoms with van der Waals surface area (Å²) in [6.45, 7) is 1.35. The molecule has 2 rings (SSSR count). The van der Waals surface area contributed by atoms with Gasteiger partial charge in [-0.1, -0.05) is 0 Å². The number of carbonyl (C=O) groups excluding carboxylic acids is 1. The predicted octanol–water partition coefficient (Wildman–Crippen LogP) is 1.26. The number of nitrogens with zero attached hydrogens (tertiary/aromatic N) is 1. The van der Waals surface area contributed by atoms with Gasteiger partial charge in [0, 0.05) is 24.8 Å². The fourth-order valence-electron chi connectivity index (χ4n) is 1.85. The van der Waals surface area contributed by atoms with Crippen molar-refractivity contribution < 1.29 is 9.53 Å². The van der Waals surface area contributed by atoms with Crippen molar-refractivity contribution in [1.29, 1.82) is 0 Å². The van der Waals surface area contributed by atoms with Gasteiger partial charge in [-0.25, -0.2) is 4.79 Å². The third-order valence-corrected chi connectivity index (χ3v) is 2.85. The highest BCUT2D eigenvalue weighted by atomic mass is 16.5. The Bertz CT molecular complexity index is 391. The van der Waals surface area contributed by atoms with Crippen LogP contribution < -0.4 is 15.8 Å². The van der Waals surface area contributed by atoms with E-state index in [9.17, 15) is 4.79 Å². The number of rotatable bonds is 2. The van der Waals surface area contributed by atoms with Gasteiger partial charge in [0.05, 0.1) is 7.11 Å². The zero-order chi connectivity index (χ0) is 12.3. The van der Waals surface area contributed by atoms with Crippen LogP contribution in [0.5, 0.6) is 5.75 Å². The first kappa shape index (κ1) is 11.7. The fourth-order valence-corrected chi connectivity index (χ4v) is 1.85. The molecule has 5 nitrogen and oxygen atoms in total. The number of benzene rings is 1. The van der Waals surface area contributed by atoms with E-state index in [4.69, 9.17) is 10.5 Å². The molecule has 0 aliphatic carbocycles. The van der Waals surface area contributed by atoms with E-state index in [2.05, 4.69) is 5.32 Å². The number of methoxy groups -OCH3 is 1. The molecule has 1 aliphatic heterocycles. The number of hydrogen-bond acceptors (Lipinski definition) is 3. The van der Waals surface area contributed by atoms with Crippen LogP contribution >= 0.6 is 0 Å². The van der Waals surface area contributed by atoms with Gasteiger partial charge in [0.15, 0.2) is 0 Å². The first-order valence-electron chi connectivity index (χ1n) is 5.64. The van der Waals surface area contributed by atoms with Crippen molar-refractivity contribution in [2.75, 3.05) is 25.5 Å². The summed E-state index contributed by atoms with van der Waals surface area (Å²) in [7, 11) is 1.61. The lowest BCUT2D eigenvalue weighted by Crippen LogP contribution is -2.35. The number of ether oxygens (including phenoxy) is 1. The van der Waals surface area contributed by atoms with Crippen molar-refractivity contribution >= 4 is 11.7 Å². The Morgan fingerprint density at radius 2 is 2.18 bits per heavy atom. The Labute approximate surface area is 101 Å². The Morgan fingerprint density at radius 3 is 2.71 bits per heavy atom. The van der Waals surface area contributed by atoms with Gasteiger partial charge in [0.2, 0.25) is 0 Å². The highest BCUT2D eigenvalue weighted by molar-refractivity contribution is 5.89. The molecule has 17 heavy (non-hydrogen) atoms. The second kappa shape index (κ2) is 5.05. The summed E-state index contributed by atoms with van der Waals surface area (Å²) in [5, 5.41) is 2.83. The van der Waals surface area contributed by atoms with Crippen molar-refractivity contribution in [1.82, 2.24) is 4.90 Å². The maximum Gasteiger partial charge on any atom is 0.321 e. The quantitative estimate of drug-likeness (QED) is 0.811. The third kappa shape index (κ3) is 2.88. The van der Waals surface area contributed by atoms with Gasteiger partial charge in [-0.2, -0.15) is 0 Å². The fraction of sp³-hybridized carbons (Fsp3) is 0.417. The highest BCUT2D eigenvalue weighted by Gasteiger charge is 2.23. The molecule has 0 radical (unpaired) electrons. The highest BCUT2D eigenvalue weighted by Crippen LogP contribution is 2.16. The average Bonchev–Trinajstić information content (AvgIpc) is 2.77. The molecule has 5 heteroatoms. The number of nitrogens with two attached hydrogens (primary N) is 1. The molecule has 92 valence electrons. The van der Waals surface area contributed by atoms with Crippen LogP contribution in [0.3, 0.4) is 0 Å². The summed E-state index contributed by atoms with van der Waals surface area (Å²) in [5.41, 5.74) is 6.52. The molecule has 0 spiro atoms. The maximum absolute atomic E-state index is 11.8. The first-order chi connectivity index (χ1) is 8.19. The Balaban J connectivity index is 1.93. The monoisotopic (exact) mass is 235 g/mol. The van der Waals surface area contributed by atoms with Crippen molar-refractivity contribution in [3.05, 3.63) is 24.3 Å². The third-order valence-electron chi connectivity index (χ3n) is 2.85. The lowest BCUT2D eigenvalue weighted by atomic mass is 10.3. The summed E-state index contributed by atoms with van der Waals surface area (Å²) in [6, 6.07) is 7.26. The van der Waals surface area contributed by atoms with Crippen LogP contribution in [0.25, 0.3) is 0 Å². The standard InChI is InChI=1S/C12H17N3O2/c1-17-11-4-2-10(3-5-11)14-12(16)15-7-6-9(13)8-15/h2-5,9H,6-8,13H2,1H3,(H,14,16)/t9-/m1/s1. The van der Waals surface area contributed by atoms with Crippen LogP contribution in [-0.4, -0.2) is 37.2 Å². The second-order valence-corrected chi connectivity index (χ2v) is 4.15. The molecule has 1 heterocycles. The predicted molar refractivity (Wildman–Crippen MR) is 66.2 cm³/mol. The molecule has 0 bridgehead atoms. The number of nitrogens with one attached hydrogen (secondary N) is 1. The van der Waals surface area contributed by atoms with Gasteiger partial charge in [-0.15, -0.1) is 0 Å². The van der Waals surface area contributed by atoms with Gasteiger partial charge >= 0.3 is 6.03 Å². The summed E-state index contributed by atoms with van der Waals surface area (Å²) >= 11 is 0. The molecule has 0 aromatic heterocycles. The SMILES string of the molecule is COc1ccc(NC(=O)N2CC[C@@H](N)C2)cc1. The van der Waals surface area contributed by atoms with Crippen LogP contribution in [0, 0.1) is 0 Å². The van der Waals surface area contributed by atoms with E-state index in [-0.39, 0.29) is 12.1 Å². The molecule has 0 saturated carbocycles. The molecule has 1 fully saturated rings. The smallest absolute Gasteiger partial charge is 0.321 e. The summed E-state index contributed by atoms with van der Waals surface area (Å²) in [4.78, 5) is 13.6. The molecule has 1 aromatic carbocycles. The number of amides is 2. The van der Waals surface area contributed by atoms with Gasteiger partial charge in [0.1, 0.15) is 5.75 Å². The minimum Gasteiger partial charge on any atom is -0.497 e. The molecular formula is C12H17N3O2. The van der Waals surface area contributed by atoms with E-state index in [0.29, 0.717) is 6.54 Å². The molecule has 0 unspecified atom stereocenters. The van der Waals surface area contributed by atoms with Crippen LogP contribution in [0.4, 0.5) is 10.5 Å². The zero-order valence-electron chi connectivity index (χ0n) is 9.85. The lowest BCUT2D eigenvalue weighted by Gasteiger charge is -2.16. The maximum atomic E-state index is 11.8. The second-order valence-electron chi connectivity index (χ2n) is 4.15. The minimum absolute atomic E-state index is 0.0943. The molecule has 2 amide bonds. The number of hydrogen-bond donors (Lipinski definition) is 2. The lowest BCUT2D eigenvalue weighted by molar-refractivity contribution is 0.222. The molecule has 1 aliphatic rings. The summed E-state index contributed by atoms with van der Waals surface area (Å²) < 4.78 is 5.05. The Morgan fingerprint density at radius 1 is 1.47 bits per heavy atom. The van der Waals surface area contributed by atoms with E-state index in [1.54, 1.807) is 12.0 Å². The van der Waals surface area contributed by atoms with Crippen LogP contribution in [0.1, 0.15) is 6.42 Å². The van der Waals surface area contributed by atoms with Gasteiger partial charge in [0.25, 0.3) is 0 Å². The van der Waals surface area contributed by atoms with Gasteiger partial charge in [-0.05, 0) is 30.7 Å². The average molecular weight is 235 g/mol. The van der Waals surface area contributed by atoms with Crippen LogP contribution in [0.2, 0.25) is 0 Å². The molecule has 3 N–H and O–H groups in total. The topological polar surface area (TPSA) is 67.6 Å². The minimum atomic E-state index is -0.0943. The first-order valence-corrected chi connectivity index (χ1v) is 5.64.